The number of halogens is 2. The van der Waals surface area contributed by atoms with E-state index in [1.165, 1.54) is 17.4 Å². The molecule has 1 aliphatic rings. The van der Waals surface area contributed by atoms with Crippen molar-refractivity contribution < 1.29 is 14.3 Å². The van der Waals surface area contributed by atoms with Crippen molar-refractivity contribution >= 4 is 52.3 Å². The second-order valence-corrected chi connectivity index (χ2v) is 8.92. The largest absolute Gasteiger partial charge is 0.486 e. The first kappa shape index (κ1) is 21.6. The number of fused-ring (bicyclic) bond motifs is 1. The summed E-state index contributed by atoms with van der Waals surface area (Å²) in [4.78, 5) is 29.4. The van der Waals surface area contributed by atoms with Crippen molar-refractivity contribution in [1.82, 2.24) is 10.3 Å². The molecule has 1 N–H and O–H groups in total. The van der Waals surface area contributed by atoms with E-state index in [9.17, 15) is 9.59 Å². The Morgan fingerprint density at radius 3 is 2.87 bits per heavy atom. The SMILES string of the molecule is CC(=O)c1ccc(-c2cc(Cl)c3c(c2)CC(CNC(=O)/C=C/c2cccnc2Cl)O3)s1. The quantitative estimate of drug-likeness (QED) is 0.294. The van der Waals surface area contributed by atoms with Gasteiger partial charge in [0.2, 0.25) is 5.91 Å². The molecule has 3 aromatic rings. The number of ether oxygens (including phenoxy) is 1. The number of amides is 1. The lowest BCUT2D eigenvalue weighted by molar-refractivity contribution is -0.116. The summed E-state index contributed by atoms with van der Waals surface area (Å²) in [6.07, 6.45) is 5.05. The normalized spacial score (nSPS) is 15.0. The van der Waals surface area contributed by atoms with E-state index >= 15 is 0 Å². The predicted octanol–water partition coefficient (Wildman–Crippen LogP) is 5.45. The zero-order valence-corrected chi connectivity index (χ0v) is 18.9. The van der Waals surface area contributed by atoms with Crippen molar-refractivity contribution in [2.24, 2.45) is 0 Å². The Balaban J connectivity index is 1.39. The Hall–Kier alpha value is -2.67. The number of Topliss-reactive ketones (excluding diaryl/α,β-unsaturated/α-hetero) is 1. The summed E-state index contributed by atoms with van der Waals surface area (Å²) >= 11 is 13.9. The summed E-state index contributed by atoms with van der Waals surface area (Å²) in [6.45, 7) is 1.90. The Bertz CT molecular complexity index is 1190. The minimum atomic E-state index is -0.249. The second-order valence-electron chi connectivity index (χ2n) is 7.07. The fraction of sp³-hybridized carbons (Fsp3) is 0.174. The summed E-state index contributed by atoms with van der Waals surface area (Å²) < 4.78 is 5.95. The van der Waals surface area contributed by atoms with Gasteiger partial charge in [-0.25, -0.2) is 4.98 Å². The number of benzene rings is 1. The molecule has 1 aliphatic heterocycles. The van der Waals surface area contributed by atoms with Gasteiger partial charge in [0.15, 0.2) is 5.78 Å². The van der Waals surface area contributed by atoms with E-state index in [0.29, 0.717) is 39.3 Å². The van der Waals surface area contributed by atoms with E-state index in [0.717, 1.165) is 16.0 Å². The van der Waals surface area contributed by atoms with Crippen LogP contribution >= 0.6 is 34.5 Å². The van der Waals surface area contributed by atoms with Crippen LogP contribution in [0.4, 0.5) is 0 Å². The zero-order valence-electron chi connectivity index (χ0n) is 16.5. The molecular formula is C23H18Cl2N2O3S. The first-order valence-electron chi connectivity index (χ1n) is 9.57. The third-order valence-corrected chi connectivity index (χ3v) is 6.63. The summed E-state index contributed by atoms with van der Waals surface area (Å²) in [5.74, 6) is 0.440. The molecular weight excluding hydrogens is 455 g/mol. The number of aromatic nitrogens is 1. The maximum atomic E-state index is 12.2. The number of hydrogen-bond acceptors (Lipinski definition) is 5. The lowest BCUT2D eigenvalue weighted by Crippen LogP contribution is -2.33. The Morgan fingerprint density at radius 1 is 1.29 bits per heavy atom. The molecule has 158 valence electrons. The molecule has 3 heterocycles. The van der Waals surface area contributed by atoms with Gasteiger partial charge in [-0.2, -0.15) is 0 Å². The van der Waals surface area contributed by atoms with Gasteiger partial charge in [-0.15, -0.1) is 11.3 Å². The average Bonchev–Trinajstić information content (AvgIpc) is 3.39. The molecule has 0 aliphatic carbocycles. The van der Waals surface area contributed by atoms with Gasteiger partial charge in [-0.05, 0) is 48.9 Å². The van der Waals surface area contributed by atoms with E-state index in [1.807, 2.05) is 24.3 Å². The van der Waals surface area contributed by atoms with Crippen LogP contribution in [0.3, 0.4) is 0 Å². The van der Waals surface area contributed by atoms with Gasteiger partial charge >= 0.3 is 0 Å². The second kappa shape index (κ2) is 9.22. The standard InChI is InChI=1S/C23H18Cl2N2O3S/c1-13(28)19-5-6-20(31-19)15-9-16-10-17(30-22(16)18(24)11-15)12-27-21(29)7-4-14-3-2-8-26-23(14)25/h2-9,11,17H,10,12H2,1H3,(H,27,29)/b7-4+. The van der Waals surface area contributed by atoms with Crippen molar-refractivity contribution in [2.75, 3.05) is 6.54 Å². The van der Waals surface area contributed by atoms with Gasteiger partial charge in [-0.1, -0.05) is 29.3 Å². The van der Waals surface area contributed by atoms with Crippen molar-refractivity contribution in [3.8, 4) is 16.2 Å². The number of carbonyl (C=O) groups excluding carboxylic acids is 2. The third-order valence-electron chi connectivity index (χ3n) is 4.80. The predicted molar refractivity (Wildman–Crippen MR) is 124 cm³/mol. The smallest absolute Gasteiger partial charge is 0.244 e. The fourth-order valence-electron chi connectivity index (χ4n) is 3.29. The van der Waals surface area contributed by atoms with Crippen LogP contribution in [0.5, 0.6) is 5.75 Å². The lowest BCUT2D eigenvalue weighted by atomic mass is 10.1. The molecule has 0 saturated heterocycles. The number of pyridine rings is 1. The molecule has 1 unspecified atom stereocenters. The van der Waals surface area contributed by atoms with Crippen LogP contribution in [0.25, 0.3) is 16.5 Å². The zero-order chi connectivity index (χ0) is 22.0. The summed E-state index contributed by atoms with van der Waals surface area (Å²) in [7, 11) is 0. The van der Waals surface area contributed by atoms with E-state index in [2.05, 4.69) is 10.3 Å². The van der Waals surface area contributed by atoms with Gasteiger partial charge < -0.3 is 10.1 Å². The van der Waals surface area contributed by atoms with Crippen molar-refractivity contribution in [3.05, 3.63) is 74.9 Å². The highest BCUT2D eigenvalue weighted by Crippen LogP contribution is 2.41. The number of rotatable bonds is 6. The molecule has 0 spiro atoms. The molecule has 1 amide bonds. The Morgan fingerprint density at radius 2 is 2.13 bits per heavy atom. The number of carbonyl (C=O) groups is 2. The Kier molecular flexibility index (Phi) is 6.41. The maximum absolute atomic E-state index is 12.2. The Labute approximate surface area is 193 Å². The summed E-state index contributed by atoms with van der Waals surface area (Å²) in [5.41, 5.74) is 2.60. The van der Waals surface area contributed by atoms with Crippen LogP contribution < -0.4 is 10.1 Å². The molecule has 0 bridgehead atoms. The van der Waals surface area contributed by atoms with Gasteiger partial charge in [-0.3, -0.25) is 9.59 Å². The van der Waals surface area contributed by atoms with E-state index in [-0.39, 0.29) is 17.8 Å². The highest BCUT2D eigenvalue weighted by molar-refractivity contribution is 7.17. The molecule has 1 aromatic carbocycles. The summed E-state index contributed by atoms with van der Waals surface area (Å²) in [5, 5.41) is 3.70. The highest BCUT2D eigenvalue weighted by atomic mass is 35.5. The number of nitrogens with one attached hydrogen (secondary N) is 1. The number of hydrogen-bond donors (Lipinski definition) is 1. The monoisotopic (exact) mass is 472 g/mol. The van der Waals surface area contributed by atoms with E-state index in [1.54, 1.807) is 31.3 Å². The van der Waals surface area contributed by atoms with Crippen LogP contribution in [0, 0.1) is 0 Å². The number of thiophene rings is 1. The molecule has 5 nitrogen and oxygen atoms in total. The van der Waals surface area contributed by atoms with Crippen LogP contribution in [0.2, 0.25) is 10.2 Å². The molecule has 0 fully saturated rings. The van der Waals surface area contributed by atoms with Crippen LogP contribution in [0.1, 0.15) is 27.7 Å². The number of nitrogens with zero attached hydrogens (tertiary/aromatic N) is 1. The van der Waals surface area contributed by atoms with Gasteiger partial charge in [0, 0.05) is 34.7 Å². The lowest BCUT2D eigenvalue weighted by Gasteiger charge is -2.11. The molecule has 8 heteroatoms. The van der Waals surface area contributed by atoms with Crippen molar-refractivity contribution in [1.29, 1.82) is 0 Å². The minimum absolute atomic E-state index is 0.0440. The molecule has 2 aromatic heterocycles. The van der Waals surface area contributed by atoms with Crippen LogP contribution in [-0.2, 0) is 11.2 Å². The first-order chi connectivity index (χ1) is 14.9. The summed E-state index contributed by atoms with van der Waals surface area (Å²) in [6, 6.07) is 11.2. The van der Waals surface area contributed by atoms with Crippen LogP contribution in [-0.4, -0.2) is 29.3 Å². The van der Waals surface area contributed by atoms with E-state index < -0.39 is 0 Å². The number of ketones is 1. The average molecular weight is 473 g/mol. The van der Waals surface area contributed by atoms with Gasteiger partial charge in [0.1, 0.15) is 17.0 Å². The van der Waals surface area contributed by atoms with Crippen molar-refractivity contribution in [2.45, 2.75) is 19.4 Å². The third kappa shape index (κ3) is 4.98. The van der Waals surface area contributed by atoms with E-state index in [4.69, 9.17) is 27.9 Å². The highest BCUT2D eigenvalue weighted by Gasteiger charge is 2.26. The van der Waals surface area contributed by atoms with Crippen molar-refractivity contribution in [3.63, 3.8) is 0 Å². The fourth-order valence-corrected chi connectivity index (χ4v) is 4.64. The molecule has 1 atom stereocenters. The topological polar surface area (TPSA) is 68.3 Å². The van der Waals surface area contributed by atoms with Gasteiger partial charge in [0.05, 0.1) is 16.4 Å². The molecule has 31 heavy (non-hydrogen) atoms. The molecule has 0 radical (unpaired) electrons. The van der Waals surface area contributed by atoms with Gasteiger partial charge in [0.25, 0.3) is 0 Å². The molecule has 4 rings (SSSR count). The first-order valence-corrected chi connectivity index (χ1v) is 11.1. The molecule has 0 saturated carbocycles. The van der Waals surface area contributed by atoms with Crippen LogP contribution in [0.15, 0.2) is 48.7 Å². The minimum Gasteiger partial charge on any atom is -0.486 e. The maximum Gasteiger partial charge on any atom is 0.244 e.